The van der Waals surface area contributed by atoms with Gasteiger partial charge in [0.15, 0.2) is 0 Å². The molecule has 2 aromatic rings. The Labute approximate surface area is 188 Å². The van der Waals surface area contributed by atoms with E-state index in [9.17, 15) is 22.8 Å². The molecular formula is C22H22ClF3N4O2. The summed E-state index contributed by atoms with van der Waals surface area (Å²) in [5, 5.41) is -0.0743. The van der Waals surface area contributed by atoms with Crippen molar-refractivity contribution in [2.75, 3.05) is 42.5 Å². The van der Waals surface area contributed by atoms with Gasteiger partial charge in [-0.25, -0.2) is 4.98 Å². The van der Waals surface area contributed by atoms with Crippen LogP contribution in [-0.4, -0.2) is 54.4 Å². The summed E-state index contributed by atoms with van der Waals surface area (Å²) in [7, 11) is 0. The number of aromatic nitrogens is 1. The second-order valence-corrected chi connectivity index (χ2v) is 8.49. The van der Waals surface area contributed by atoms with E-state index in [1.807, 2.05) is 31.2 Å². The van der Waals surface area contributed by atoms with Gasteiger partial charge in [-0.15, -0.1) is 0 Å². The summed E-state index contributed by atoms with van der Waals surface area (Å²) in [6.45, 7) is 3.86. The normalized spacial score (nSPS) is 19.6. The number of nitrogens with zero attached hydrogens (tertiary/aromatic N) is 4. The first kappa shape index (κ1) is 22.4. The molecule has 2 fully saturated rings. The Morgan fingerprint density at radius 2 is 1.78 bits per heavy atom. The molecule has 0 radical (unpaired) electrons. The van der Waals surface area contributed by atoms with Crippen LogP contribution >= 0.6 is 11.6 Å². The topological polar surface area (TPSA) is 56.8 Å². The highest BCUT2D eigenvalue weighted by atomic mass is 35.5. The molecule has 0 bridgehead atoms. The van der Waals surface area contributed by atoms with E-state index in [0.717, 1.165) is 23.5 Å². The number of carbonyl (C=O) groups is 2. The van der Waals surface area contributed by atoms with Gasteiger partial charge in [0.2, 0.25) is 11.8 Å². The third-order valence-corrected chi connectivity index (χ3v) is 6.14. The Morgan fingerprint density at radius 1 is 1.12 bits per heavy atom. The van der Waals surface area contributed by atoms with Crippen LogP contribution in [0.4, 0.5) is 24.7 Å². The molecule has 4 rings (SSSR count). The van der Waals surface area contributed by atoms with E-state index in [1.165, 1.54) is 0 Å². The fraction of sp³-hybridized carbons (Fsp3) is 0.409. The lowest BCUT2D eigenvalue weighted by atomic mass is 10.1. The number of anilines is 2. The number of carbonyl (C=O) groups excluding carboxylic acids is 2. The number of aryl methyl sites for hydroxylation is 1. The van der Waals surface area contributed by atoms with E-state index < -0.39 is 17.7 Å². The largest absolute Gasteiger partial charge is 0.417 e. The summed E-state index contributed by atoms with van der Waals surface area (Å²) < 4.78 is 38.5. The minimum atomic E-state index is -4.51. The van der Waals surface area contributed by atoms with Crippen molar-refractivity contribution >= 4 is 34.9 Å². The van der Waals surface area contributed by atoms with Crippen molar-refractivity contribution in [3.05, 3.63) is 52.7 Å². The minimum absolute atomic E-state index is 0.0743. The van der Waals surface area contributed by atoms with Crippen molar-refractivity contribution in [2.24, 2.45) is 5.92 Å². The first-order chi connectivity index (χ1) is 15.1. The lowest BCUT2D eigenvalue weighted by Crippen LogP contribution is -2.51. The van der Waals surface area contributed by atoms with Gasteiger partial charge in [-0.05, 0) is 25.1 Å². The van der Waals surface area contributed by atoms with Gasteiger partial charge in [-0.2, -0.15) is 13.2 Å². The molecule has 2 amide bonds. The third kappa shape index (κ3) is 4.53. The molecule has 3 heterocycles. The maximum atomic E-state index is 13.0. The number of hydrogen-bond acceptors (Lipinski definition) is 4. The quantitative estimate of drug-likeness (QED) is 0.691. The van der Waals surface area contributed by atoms with Gasteiger partial charge in [0.05, 0.1) is 16.5 Å². The molecule has 2 saturated heterocycles. The van der Waals surface area contributed by atoms with Crippen molar-refractivity contribution in [2.45, 2.75) is 19.5 Å². The molecule has 2 aliphatic rings. The molecule has 6 nitrogen and oxygen atoms in total. The van der Waals surface area contributed by atoms with Crippen LogP contribution in [-0.2, 0) is 15.8 Å². The zero-order chi connectivity index (χ0) is 23.0. The molecule has 0 saturated carbocycles. The number of amides is 2. The van der Waals surface area contributed by atoms with Crippen LogP contribution in [0.5, 0.6) is 0 Å². The number of rotatable bonds is 3. The summed E-state index contributed by atoms with van der Waals surface area (Å²) >= 11 is 6.04. The van der Waals surface area contributed by atoms with Gasteiger partial charge in [0.1, 0.15) is 5.82 Å². The highest BCUT2D eigenvalue weighted by Crippen LogP contribution is 2.34. The Bertz CT molecular complexity index is 1020. The molecule has 1 aromatic carbocycles. The summed E-state index contributed by atoms with van der Waals surface area (Å²) in [5.74, 6) is -0.304. The van der Waals surface area contributed by atoms with Crippen LogP contribution < -0.4 is 9.80 Å². The molecule has 32 heavy (non-hydrogen) atoms. The van der Waals surface area contributed by atoms with Gasteiger partial charge < -0.3 is 14.7 Å². The summed E-state index contributed by atoms with van der Waals surface area (Å²) in [5.41, 5.74) is 0.973. The lowest BCUT2D eigenvalue weighted by molar-refractivity contribution is -0.138. The fourth-order valence-electron chi connectivity index (χ4n) is 4.06. The summed E-state index contributed by atoms with van der Waals surface area (Å²) in [6.07, 6.45) is -3.58. The van der Waals surface area contributed by atoms with Crippen molar-refractivity contribution in [3.8, 4) is 0 Å². The second-order valence-electron chi connectivity index (χ2n) is 8.08. The summed E-state index contributed by atoms with van der Waals surface area (Å²) in [6, 6.07) is 8.47. The SMILES string of the molecule is Cc1ccc(N2CC(C(=O)N3CCN(c4ncc(C(F)(F)F)cc4Cl)CC3)CC2=O)cc1. The smallest absolute Gasteiger partial charge is 0.352 e. The van der Waals surface area contributed by atoms with Crippen molar-refractivity contribution in [1.29, 1.82) is 0 Å². The molecule has 1 aromatic heterocycles. The summed E-state index contributed by atoms with van der Waals surface area (Å²) in [4.78, 5) is 34.5. The van der Waals surface area contributed by atoms with Crippen molar-refractivity contribution < 1.29 is 22.8 Å². The van der Waals surface area contributed by atoms with Crippen molar-refractivity contribution in [3.63, 3.8) is 0 Å². The number of piperazine rings is 1. The molecule has 0 N–H and O–H groups in total. The zero-order valence-corrected chi connectivity index (χ0v) is 18.2. The molecule has 0 spiro atoms. The molecule has 2 aliphatic heterocycles. The lowest BCUT2D eigenvalue weighted by Gasteiger charge is -2.36. The first-order valence-electron chi connectivity index (χ1n) is 10.3. The fourth-order valence-corrected chi connectivity index (χ4v) is 4.35. The Balaban J connectivity index is 1.37. The number of hydrogen-bond donors (Lipinski definition) is 0. The van der Waals surface area contributed by atoms with Gasteiger partial charge in [-0.3, -0.25) is 9.59 Å². The third-order valence-electron chi connectivity index (χ3n) is 5.86. The molecule has 10 heteroatoms. The Morgan fingerprint density at radius 3 is 2.38 bits per heavy atom. The second kappa shape index (κ2) is 8.61. The molecule has 0 aliphatic carbocycles. The average Bonchev–Trinajstić information content (AvgIpc) is 3.15. The first-order valence-corrected chi connectivity index (χ1v) is 10.6. The predicted molar refractivity (Wildman–Crippen MR) is 115 cm³/mol. The number of halogens is 4. The standard InChI is InChI=1S/C22H22ClF3N4O2/c1-14-2-4-17(5-3-14)30-13-15(10-19(30)31)21(32)29-8-6-28(7-9-29)20-18(23)11-16(12-27-20)22(24,25)26/h2-5,11-12,15H,6-10,13H2,1H3. The van der Waals surface area contributed by atoms with E-state index in [4.69, 9.17) is 11.6 Å². The van der Waals surface area contributed by atoms with Crippen LogP contribution in [0.15, 0.2) is 36.5 Å². The molecule has 1 unspecified atom stereocenters. The van der Waals surface area contributed by atoms with Crippen molar-refractivity contribution in [1.82, 2.24) is 9.88 Å². The van der Waals surface area contributed by atoms with Crippen LogP contribution in [0.1, 0.15) is 17.5 Å². The molecule has 1 atom stereocenters. The number of alkyl halides is 3. The van der Waals surface area contributed by atoms with Gasteiger partial charge in [-0.1, -0.05) is 29.3 Å². The van der Waals surface area contributed by atoms with E-state index >= 15 is 0 Å². The number of pyridine rings is 1. The monoisotopic (exact) mass is 466 g/mol. The Kier molecular flexibility index (Phi) is 6.03. The zero-order valence-electron chi connectivity index (χ0n) is 17.4. The van der Waals surface area contributed by atoms with E-state index in [-0.39, 0.29) is 29.1 Å². The van der Waals surface area contributed by atoms with Crippen LogP contribution in [0.3, 0.4) is 0 Å². The predicted octanol–water partition coefficient (Wildman–Crippen LogP) is 3.76. The molecular weight excluding hydrogens is 445 g/mol. The van der Waals surface area contributed by atoms with Crippen LogP contribution in [0.25, 0.3) is 0 Å². The van der Waals surface area contributed by atoms with Gasteiger partial charge in [0, 0.05) is 51.0 Å². The highest BCUT2D eigenvalue weighted by molar-refractivity contribution is 6.33. The van der Waals surface area contributed by atoms with E-state index in [1.54, 1.807) is 14.7 Å². The Hall–Kier alpha value is -2.81. The van der Waals surface area contributed by atoms with E-state index in [0.29, 0.717) is 32.7 Å². The van der Waals surface area contributed by atoms with Gasteiger partial charge >= 0.3 is 6.18 Å². The van der Waals surface area contributed by atoms with Crippen LogP contribution in [0.2, 0.25) is 5.02 Å². The van der Waals surface area contributed by atoms with Crippen LogP contribution in [0, 0.1) is 12.8 Å². The maximum absolute atomic E-state index is 13.0. The number of benzene rings is 1. The highest BCUT2D eigenvalue weighted by Gasteiger charge is 2.38. The average molecular weight is 467 g/mol. The van der Waals surface area contributed by atoms with E-state index in [2.05, 4.69) is 4.98 Å². The minimum Gasteiger partial charge on any atom is -0.352 e. The maximum Gasteiger partial charge on any atom is 0.417 e. The molecule has 170 valence electrons. The van der Waals surface area contributed by atoms with Gasteiger partial charge in [0.25, 0.3) is 0 Å².